The number of imidazole rings is 1. The number of nitrogen functional groups attached to an aromatic ring is 1. The molecule has 0 aliphatic carbocycles. The summed E-state index contributed by atoms with van der Waals surface area (Å²) in [6.45, 7) is 2.38. The van der Waals surface area contributed by atoms with E-state index in [2.05, 4.69) is 22.2 Å². The van der Waals surface area contributed by atoms with Crippen LogP contribution in [0.15, 0.2) is 72.0 Å². The van der Waals surface area contributed by atoms with Crippen molar-refractivity contribution in [2.75, 3.05) is 12.3 Å². The highest BCUT2D eigenvalue weighted by atomic mass is 16.5. The van der Waals surface area contributed by atoms with Crippen molar-refractivity contribution in [1.82, 2.24) is 9.66 Å². The number of anilines is 1. The molecule has 0 spiro atoms. The first kappa shape index (κ1) is 16.5. The van der Waals surface area contributed by atoms with Crippen molar-refractivity contribution in [3.63, 3.8) is 0 Å². The first-order chi connectivity index (χ1) is 12.2. The van der Waals surface area contributed by atoms with Crippen LogP contribution in [0.3, 0.4) is 0 Å². The maximum Gasteiger partial charge on any atom is 0.221 e. The smallest absolute Gasteiger partial charge is 0.221 e. The van der Waals surface area contributed by atoms with E-state index in [9.17, 15) is 0 Å². The SMILES string of the molecule is Cc1cn(N=Cc2cccc(OCC=Cc3ccccc3)c2)c(N)n1. The molecule has 0 aliphatic heterocycles. The first-order valence-corrected chi connectivity index (χ1v) is 8.01. The van der Waals surface area contributed by atoms with Crippen LogP contribution in [0.4, 0.5) is 5.95 Å². The fourth-order valence-corrected chi connectivity index (χ4v) is 2.30. The van der Waals surface area contributed by atoms with Crippen molar-refractivity contribution < 1.29 is 4.74 Å². The molecule has 0 aliphatic rings. The first-order valence-electron chi connectivity index (χ1n) is 8.01. The van der Waals surface area contributed by atoms with Gasteiger partial charge in [0, 0.05) is 0 Å². The van der Waals surface area contributed by atoms with Crippen molar-refractivity contribution >= 4 is 18.2 Å². The number of nitrogens with two attached hydrogens (primary N) is 1. The Bertz CT molecular complexity index is 882. The predicted octanol–water partition coefficient (Wildman–Crippen LogP) is 3.75. The topological polar surface area (TPSA) is 65.4 Å². The van der Waals surface area contributed by atoms with Crippen molar-refractivity contribution in [1.29, 1.82) is 0 Å². The zero-order valence-electron chi connectivity index (χ0n) is 14.0. The van der Waals surface area contributed by atoms with Gasteiger partial charge in [0.2, 0.25) is 5.95 Å². The summed E-state index contributed by atoms with van der Waals surface area (Å²) < 4.78 is 7.30. The van der Waals surface area contributed by atoms with Gasteiger partial charge in [-0.05, 0) is 36.3 Å². The van der Waals surface area contributed by atoms with Gasteiger partial charge in [-0.3, -0.25) is 0 Å². The van der Waals surface area contributed by atoms with Crippen LogP contribution in [-0.2, 0) is 0 Å². The van der Waals surface area contributed by atoms with Crippen molar-refractivity contribution in [2.24, 2.45) is 5.10 Å². The Morgan fingerprint density at radius 1 is 1.12 bits per heavy atom. The van der Waals surface area contributed by atoms with Crippen LogP contribution in [0.2, 0.25) is 0 Å². The van der Waals surface area contributed by atoms with Gasteiger partial charge in [0.1, 0.15) is 12.4 Å². The summed E-state index contributed by atoms with van der Waals surface area (Å²) in [5.74, 6) is 1.16. The molecule has 0 saturated heterocycles. The number of hydrogen-bond acceptors (Lipinski definition) is 4. The Hall–Kier alpha value is -3.34. The molecule has 0 saturated carbocycles. The van der Waals surface area contributed by atoms with E-state index in [1.807, 2.05) is 61.5 Å². The second kappa shape index (κ2) is 7.97. The fourth-order valence-electron chi connectivity index (χ4n) is 2.30. The Kier molecular flexibility index (Phi) is 5.26. The highest BCUT2D eigenvalue weighted by Gasteiger charge is 1.99. The molecule has 1 aromatic heterocycles. The lowest BCUT2D eigenvalue weighted by Crippen LogP contribution is -1.97. The Balaban J connectivity index is 1.59. The monoisotopic (exact) mass is 332 g/mol. The van der Waals surface area contributed by atoms with E-state index in [1.54, 1.807) is 17.1 Å². The Morgan fingerprint density at radius 3 is 2.68 bits per heavy atom. The van der Waals surface area contributed by atoms with Gasteiger partial charge >= 0.3 is 0 Å². The van der Waals surface area contributed by atoms with Crippen molar-refractivity contribution in [2.45, 2.75) is 6.92 Å². The van der Waals surface area contributed by atoms with Gasteiger partial charge in [0.15, 0.2) is 0 Å². The third-order valence-electron chi connectivity index (χ3n) is 3.48. The third-order valence-corrected chi connectivity index (χ3v) is 3.48. The van der Waals surface area contributed by atoms with Crippen LogP contribution >= 0.6 is 0 Å². The molecule has 5 nitrogen and oxygen atoms in total. The van der Waals surface area contributed by atoms with Crippen LogP contribution in [0.5, 0.6) is 5.75 Å². The summed E-state index contributed by atoms with van der Waals surface area (Å²) in [5.41, 5.74) is 8.68. The average Bonchev–Trinajstić information content (AvgIpc) is 2.96. The molecule has 25 heavy (non-hydrogen) atoms. The molecule has 1 heterocycles. The zero-order valence-corrected chi connectivity index (χ0v) is 14.0. The number of ether oxygens (including phenoxy) is 1. The van der Waals surface area contributed by atoms with E-state index >= 15 is 0 Å². The van der Waals surface area contributed by atoms with Crippen LogP contribution in [0, 0.1) is 6.92 Å². The largest absolute Gasteiger partial charge is 0.490 e. The maximum absolute atomic E-state index is 5.77. The second-order valence-electron chi connectivity index (χ2n) is 5.53. The lowest BCUT2D eigenvalue weighted by atomic mass is 10.2. The zero-order chi connectivity index (χ0) is 17.5. The van der Waals surface area contributed by atoms with E-state index in [0.717, 1.165) is 22.6 Å². The molecular formula is C20H20N4O. The van der Waals surface area contributed by atoms with Crippen molar-refractivity contribution in [3.8, 4) is 5.75 Å². The molecule has 0 amide bonds. The maximum atomic E-state index is 5.77. The lowest BCUT2D eigenvalue weighted by Gasteiger charge is -2.04. The molecule has 0 fully saturated rings. The van der Waals surface area contributed by atoms with Gasteiger partial charge in [-0.2, -0.15) is 5.10 Å². The molecule has 0 radical (unpaired) electrons. The summed E-state index contributed by atoms with van der Waals surface area (Å²) in [4.78, 5) is 4.11. The lowest BCUT2D eigenvalue weighted by molar-refractivity contribution is 0.363. The van der Waals surface area contributed by atoms with Gasteiger partial charge < -0.3 is 10.5 Å². The second-order valence-corrected chi connectivity index (χ2v) is 5.53. The molecule has 0 unspecified atom stereocenters. The van der Waals surface area contributed by atoms with E-state index in [4.69, 9.17) is 10.5 Å². The minimum atomic E-state index is 0.368. The highest BCUT2D eigenvalue weighted by molar-refractivity contribution is 5.80. The number of rotatable bonds is 6. The number of benzene rings is 2. The van der Waals surface area contributed by atoms with E-state index < -0.39 is 0 Å². The summed E-state index contributed by atoms with van der Waals surface area (Å²) in [5, 5.41) is 4.31. The van der Waals surface area contributed by atoms with Crippen LogP contribution in [0.1, 0.15) is 16.8 Å². The fraction of sp³-hybridized carbons (Fsp3) is 0.100. The average molecular weight is 332 g/mol. The third kappa shape index (κ3) is 4.81. The Labute approximate surface area is 147 Å². The minimum absolute atomic E-state index is 0.368. The number of hydrogen-bond donors (Lipinski definition) is 1. The standard InChI is InChI=1S/C20H20N4O/c1-16-15-24(20(21)23-16)22-14-18-9-5-11-19(13-18)25-12-6-10-17-7-3-2-4-8-17/h2-11,13-15H,12H2,1H3,(H2,21,23). The van der Waals surface area contributed by atoms with Crippen LogP contribution in [-0.4, -0.2) is 22.5 Å². The molecule has 126 valence electrons. The normalized spacial score (nSPS) is 11.4. The Morgan fingerprint density at radius 2 is 1.92 bits per heavy atom. The predicted molar refractivity (Wildman–Crippen MR) is 102 cm³/mol. The molecule has 0 bridgehead atoms. The van der Waals surface area contributed by atoms with Gasteiger partial charge in [0.25, 0.3) is 0 Å². The molecule has 3 rings (SSSR count). The molecule has 3 aromatic rings. The summed E-state index contributed by atoms with van der Waals surface area (Å²) in [6.07, 6.45) is 7.53. The quantitative estimate of drug-likeness (QED) is 0.699. The number of aromatic nitrogens is 2. The molecule has 2 N–H and O–H groups in total. The molecule has 5 heteroatoms. The minimum Gasteiger partial charge on any atom is -0.490 e. The highest BCUT2D eigenvalue weighted by Crippen LogP contribution is 2.13. The number of nitrogens with zero attached hydrogens (tertiary/aromatic N) is 3. The van der Waals surface area contributed by atoms with Crippen LogP contribution in [0.25, 0.3) is 6.08 Å². The van der Waals surface area contributed by atoms with E-state index in [1.165, 1.54) is 0 Å². The van der Waals surface area contributed by atoms with Crippen LogP contribution < -0.4 is 10.5 Å². The van der Waals surface area contributed by atoms with Gasteiger partial charge in [-0.15, -0.1) is 0 Å². The summed E-state index contributed by atoms with van der Waals surface area (Å²) >= 11 is 0. The van der Waals surface area contributed by atoms with E-state index in [-0.39, 0.29) is 0 Å². The van der Waals surface area contributed by atoms with Gasteiger partial charge in [0.05, 0.1) is 18.1 Å². The molecule has 2 aromatic carbocycles. The number of aryl methyl sites for hydroxylation is 1. The van der Waals surface area contributed by atoms with Crippen molar-refractivity contribution in [3.05, 3.63) is 83.7 Å². The van der Waals surface area contributed by atoms with E-state index in [0.29, 0.717) is 12.6 Å². The molecular weight excluding hydrogens is 312 g/mol. The summed E-state index contributed by atoms with van der Waals surface area (Å²) in [6, 6.07) is 17.9. The molecule has 0 atom stereocenters. The summed E-state index contributed by atoms with van der Waals surface area (Å²) in [7, 11) is 0. The van der Waals surface area contributed by atoms with Gasteiger partial charge in [-0.25, -0.2) is 9.66 Å². The van der Waals surface area contributed by atoms with Gasteiger partial charge in [-0.1, -0.05) is 48.5 Å².